The monoisotopic (exact) mass is 216 g/mol. The van der Waals surface area contributed by atoms with Crippen LogP contribution in [0.4, 0.5) is 0 Å². The molecule has 0 fully saturated rings. The third kappa shape index (κ3) is 4.72. The Morgan fingerprint density at radius 1 is 1.38 bits per heavy atom. The predicted molar refractivity (Wildman–Crippen MR) is 62.9 cm³/mol. The van der Waals surface area contributed by atoms with Crippen molar-refractivity contribution in [1.29, 1.82) is 5.26 Å². The highest BCUT2D eigenvalue weighted by molar-refractivity contribution is 5.82. The van der Waals surface area contributed by atoms with Crippen LogP contribution < -0.4 is 0 Å². The van der Waals surface area contributed by atoms with Crippen LogP contribution in [0.2, 0.25) is 0 Å². The number of nitrogens with zero attached hydrogens (tertiary/aromatic N) is 2. The first-order valence-corrected chi connectivity index (χ1v) is 5.33. The number of carbonyl (C=O) groups is 1. The second-order valence-corrected chi connectivity index (χ2v) is 3.85. The molecule has 1 aromatic carbocycles. The second-order valence-electron chi connectivity index (χ2n) is 3.85. The number of likely N-dealkylation sites (N-methyl/N-ethyl adjacent to an activating group) is 1. The summed E-state index contributed by atoms with van der Waals surface area (Å²) >= 11 is 0. The van der Waals surface area contributed by atoms with Gasteiger partial charge >= 0.3 is 0 Å². The summed E-state index contributed by atoms with van der Waals surface area (Å²) < 4.78 is 0. The number of rotatable bonds is 6. The van der Waals surface area contributed by atoms with E-state index in [1.165, 1.54) is 5.56 Å². The second kappa shape index (κ2) is 6.76. The van der Waals surface area contributed by atoms with Crippen LogP contribution in [0.25, 0.3) is 0 Å². The van der Waals surface area contributed by atoms with E-state index in [9.17, 15) is 4.79 Å². The Balaban J connectivity index is 2.28. The number of hydrogen-bond donors (Lipinski definition) is 0. The van der Waals surface area contributed by atoms with Crippen LogP contribution in [0.3, 0.4) is 0 Å². The summed E-state index contributed by atoms with van der Waals surface area (Å²) in [5, 5.41) is 8.37. The van der Waals surface area contributed by atoms with Crippen molar-refractivity contribution in [3.8, 4) is 6.07 Å². The minimum absolute atomic E-state index is 0.00960. The quantitative estimate of drug-likeness (QED) is 0.726. The Bertz CT molecular complexity index is 367. The predicted octanol–water partition coefficient (Wildman–Crippen LogP) is 1.64. The number of Topliss-reactive ketones (excluding diaryl/α,β-unsaturated/α-hetero) is 1. The van der Waals surface area contributed by atoms with Crippen LogP contribution in [0.15, 0.2) is 30.3 Å². The molecule has 0 heterocycles. The van der Waals surface area contributed by atoms with Gasteiger partial charge in [0.25, 0.3) is 0 Å². The first kappa shape index (κ1) is 12.4. The molecule has 1 rings (SSSR count). The SMILES string of the molecule is CN(CCc1ccccc1)CC(=O)CC#N. The number of carbonyl (C=O) groups excluding carboxylic acids is 1. The fraction of sp³-hybridized carbons (Fsp3) is 0.385. The van der Waals surface area contributed by atoms with Crippen LogP contribution in [-0.2, 0) is 11.2 Å². The van der Waals surface area contributed by atoms with E-state index < -0.39 is 0 Å². The lowest BCUT2D eigenvalue weighted by molar-refractivity contribution is -0.118. The first-order valence-electron chi connectivity index (χ1n) is 5.33. The first-order chi connectivity index (χ1) is 7.72. The molecule has 3 nitrogen and oxygen atoms in total. The molecule has 1 aromatic rings. The van der Waals surface area contributed by atoms with Crippen LogP contribution in [0.5, 0.6) is 0 Å². The number of benzene rings is 1. The number of nitriles is 1. The largest absolute Gasteiger partial charge is 0.299 e. The zero-order chi connectivity index (χ0) is 11.8. The van der Waals surface area contributed by atoms with Gasteiger partial charge in [-0.1, -0.05) is 30.3 Å². The molecule has 0 unspecified atom stereocenters. The van der Waals surface area contributed by atoms with E-state index in [-0.39, 0.29) is 12.2 Å². The highest BCUT2D eigenvalue weighted by Crippen LogP contribution is 2.00. The Labute approximate surface area is 96.3 Å². The fourth-order valence-corrected chi connectivity index (χ4v) is 1.49. The molecule has 0 aliphatic rings. The van der Waals surface area contributed by atoms with E-state index >= 15 is 0 Å². The van der Waals surface area contributed by atoms with Gasteiger partial charge in [-0.25, -0.2) is 0 Å². The molecule has 0 bridgehead atoms. The molecule has 0 N–H and O–H groups in total. The summed E-state index contributed by atoms with van der Waals surface area (Å²) in [4.78, 5) is 13.2. The lowest BCUT2D eigenvalue weighted by Crippen LogP contribution is -2.27. The molecule has 0 atom stereocenters. The lowest BCUT2D eigenvalue weighted by Gasteiger charge is -2.14. The van der Waals surface area contributed by atoms with Gasteiger partial charge in [-0.2, -0.15) is 5.26 Å². The Hall–Kier alpha value is -1.66. The summed E-state index contributed by atoms with van der Waals surface area (Å²) in [6.45, 7) is 1.20. The molecule has 16 heavy (non-hydrogen) atoms. The van der Waals surface area contributed by atoms with Gasteiger partial charge in [-0.3, -0.25) is 9.69 Å². The van der Waals surface area contributed by atoms with Crippen LogP contribution >= 0.6 is 0 Å². The van der Waals surface area contributed by atoms with Gasteiger partial charge in [0.05, 0.1) is 19.0 Å². The van der Waals surface area contributed by atoms with Gasteiger partial charge in [-0.15, -0.1) is 0 Å². The topological polar surface area (TPSA) is 44.1 Å². The maximum atomic E-state index is 11.2. The molecular weight excluding hydrogens is 200 g/mol. The smallest absolute Gasteiger partial charge is 0.160 e. The fourth-order valence-electron chi connectivity index (χ4n) is 1.49. The number of ketones is 1. The number of hydrogen-bond acceptors (Lipinski definition) is 3. The van der Waals surface area contributed by atoms with Gasteiger partial charge in [-0.05, 0) is 19.0 Å². The molecule has 0 aliphatic heterocycles. The Kier molecular flexibility index (Phi) is 5.24. The van der Waals surface area contributed by atoms with E-state index in [1.54, 1.807) is 0 Å². The van der Waals surface area contributed by atoms with E-state index in [1.807, 2.05) is 36.2 Å². The van der Waals surface area contributed by atoms with Crippen molar-refractivity contribution >= 4 is 5.78 Å². The standard InChI is InChI=1S/C13H16N2O/c1-15(11-13(16)7-9-14)10-8-12-5-3-2-4-6-12/h2-6H,7-8,10-11H2,1H3. The molecule has 0 spiro atoms. The van der Waals surface area contributed by atoms with Gasteiger partial charge in [0.15, 0.2) is 5.78 Å². The van der Waals surface area contributed by atoms with Gasteiger partial charge < -0.3 is 0 Å². The summed E-state index contributed by atoms with van der Waals surface area (Å²) in [5.74, 6) is -0.0157. The molecule has 0 radical (unpaired) electrons. The summed E-state index contributed by atoms with van der Waals surface area (Å²) in [7, 11) is 1.90. The van der Waals surface area contributed by atoms with Gasteiger partial charge in [0.2, 0.25) is 0 Å². The van der Waals surface area contributed by atoms with Crippen molar-refractivity contribution in [3.05, 3.63) is 35.9 Å². The van der Waals surface area contributed by atoms with Crippen LogP contribution in [-0.4, -0.2) is 30.8 Å². The van der Waals surface area contributed by atoms with E-state index in [2.05, 4.69) is 12.1 Å². The van der Waals surface area contributed by atoms with Gasteiger partial charge in [0, 0.05) is 6.54 Å². The van der Waals surface area contributed by atoms with Gasteiger partial charge in [0.1, 0.15) is 0 Å². The van der Waals surface area contributed by atoms with Crippen molar-refractivity contribution < 1.29 is 4.79 Å². The minimum atomic E-state index is -0.0157. The van der Waals surface area contributed by atoms with Crippen molar-refractivity contribution in [2.45, 2.75) is 12.8 Å². The molecular formula is C13H16N2O. The van der Waals surface area contributed by atoms with E-state index in [4.69, 9.17) is 5.26 Å². The molecule has 0 aromatic heterocycles. The molecule has 84 valence electrons. The van der Waals surface area contributed by atoms with Crippen LogP contribution in [0.1, 0.15) is 12.0 Å². The summed E-state index contributed by atoms with van der Waals surface area (Å²) in [6, 6.07) is 12.0. The maximum absolute atomic E-state index is 11.2. The zero-order valence-corrected chi connectivity index (χ0v) is 9.52. The molecule has 0 amide bonds. The summed E-state index contributed by atoms with van der Waals surface area (Å²) in [5.41, 5.74) is 1.27. The third-order valence-electron chi connectivity index (χ3n) is 2.35. The third-order valence-corrected chi connectivity index (χ3v) is 2.35. The molecule has 3 heteroatoms. The minimum Gasteiger partial charge on any atom is -0.299 e. The maximum Gasteiger partial charge on any atom is 0.160 e. The van der Waals surface area contributed by atoms with E-state index in [0.29, 0.717) is 6.54 Å². The average molecular weight is 216 g/mol. The zero-order valence-electron chi connectivity index (χ0n) is 9.52. The van der Waals surface area contributed by atoms with Crippen molar-refractivity contribution in [2.24, 2.45) is 0 Å². The highest BCUT2D eigenvalue weighted by atomic mass is 16.1. The molecule has 0 aliphatic carbocycles. The Morgan fingerprint density at radius 2 is 2.06 bits per heavy atom. The summed E-state index contributed by atoms with van der Waals surface area (Å²) in [6.07, 6.45) is 0.937. The van der Waals surface area contributed by atoms with E-state index in [0.717, 1.165) is 13.0 Å². The van der Waals surface area contributed by atoms with Crippen molar-refractivity contribution in [3.63, 3.8) is 0 Å². The average Bonchev–Trinajstić information content (AvgIpc) is 2.28. The molecule has 0 saturated carbocycles. The van der Waals surface area contributed by atoms with Crippen molar-refractivity contribution in [2.75, 3.05) is 20.1 Å². The normalized spacial score (nSPS) is 10.1. The van der Waals surface area contributed by atoms with Crippen LogP contribution in [0, 0.1) is 11.3 Å². The lowest BCUT2D eigenvalue weighted by atomic mass is 10.1. The molecule has 0 saturated heterocycles. The Morgan fingerprint density at radius 3 is 2.69 bits per heavy atom. The van der Waals surface area contributed by atoms with Crippen molar-refractivity contribution in [1.82, 2.24) is 4.90 Å². The highest BCUT2D eigenvalue weighted by Gasteiger charge is 2.05.